The minimum absolute atomic E-state index is 0.00383. The number of nitrogens with zero attached hydrogens (tertiary/aromatic N) is 5. The summed E-state index contributed by atoms with van der Waals surface area (Å²) in [5.41, 5.74) is -3.61. The molecule has 1 aromatic heterocycles. The summed E-state index contributed by atoms with van der Waals surface area (Å²) in [4.78, 5) is 24.6. The summed E-state index contributed by atoms with van der Waals surface area (Å²) >= 11 is 0. The monoisotopic (exact) mass is 665 g/mol. The van der Waals surface area contributed by atoms with E-state index in [0.717, 1.165) is 31.2 Å². The van der Waals surface area contributed by atoms with Crippen molar-refractivity contribution in [2.24, 2.45) is 0 Å². The van der Waals surface area contributed by atoms with Crippen LogP contribution in [0.15, 0.2) is 36.9 Å². The molecule has 0 spiro atoms. The van der Waals surface area contributed by atoms with Gasteiger partial charge in [-0.15, -0.1) is 0 Å². The molecule has 48 heavy (non-hydrogen) atoms. The highest BCUT2D eigenvalue weighted by molar-refractivity contribution is 6.07. The van der Waals surface area contributed by atoms with Crippen LogP contribution in [0.3, 0.4) is 0 Å². The summed E-state index contributed by atoms with van der Waals surface area (Å²) < 4.78 is 58.3. The lowest BCUT2D eigenvalue weighted by atomic mass is 9.91. The van der Waals surface area contributed by atoms with Crippen molar-refractivity contribution < 1.29 is 37.8 Å². The number of anilines is 1. The van der Waals surface area contributed by atoms with E-state index in [4.69, 9.17) is 9.47 Å². The topological polar surface area (TPSA) is 134 Å². The molecular weight excluding hydrogens is 631 g/mol. The van der Waals surface area contributed by atoms with E-state index in [9.17, 15) is 24.7 Å². The minimum Gasteiger partial charge on any atom is -0.508 e. The fourth-order valence-electron chi connectivity index (χ4n) is 7.56. The van der Waals surface area contributed by atoms with Gasteiger partial charge in [0, 0.05) is 42.1 Å². The molecule has 3 aliphatic rings. The van der Waals surface area contributed by atoms with E-state index in [-0.39, 0.29) is 84.3 Å². The molecule has 0 amide bonds. The molecule has 252 valence electrons. The molecule has 4 aromatic rings. The Morgan fingerprint density at radius 2 is 2.06 bits per heavy atom. The average molecular weight is 666 g/mol. The zero-order chi connectivity index (χ0) is 34.0. The van der Waals surface area contributed by atoms with E-state index in [2.05, 4.69) is 16.5 Å². The highest BCUT2D eigenvalue weighted by atomic mass is 19.1. The van der Waals surface area contributed by atoms with Gasteiger partial charge in [0.2, 0.25) is 0 Å². The first-order valence-corrected chi connectivity index (χ1v) is 15.7. The van der Waals surface area contributed by atoms with Crippen molar-refractivity contribution in [2.45, 2.75) is 43.5 Å². The molecule has 3 saturated heterocycles. The van der Waals surface area contributed by atoms with E-state index in [1.807, 2.05) is 4.90 Å². The molecule has 3 atom stereocenters. The molecule has 0 bridgehead atoms. The summed E-state index contributed by atoms with van der Waals surface area (Å²) in [7, 11) is 0. The number of hydrogen-bond donors (Lipinski definition) is 2. The quantitative estimate of drug-likeness (QED) is 0.192. The number of aliphatic hydroxyl groups is 1. The van der Waals surface area contributed by atoms with Crippen molar-refractivity contribution in [1.82, 2.24) is 14.9 Å². The van der Waals surface area contributed by atoms with Gasteiger partial charge < -0.3 is 24.6 Å². The van der Waals surface area contributed by atoms with Gasteiger partial charge in [0.15, 0.2) is 5.82 Å². The van der Waals surface area contributed by atoms with Crippen LogP contribution in [-0.4, -0.2) is 93.3 Å². The zero-order valence-corrected chi connectivity index (χ0v) is 26.2. The smallest absolute Gasteiger partial charge is 0.319 e. The van der Waals surface area contributed by atoms with E-state index in [0.29, 0.717) is 18.4 Å². The first-order valence-electron chi connectivity index (χ1n) is 15.7. The lowest BCUT2D eigenvalue weighted by Crippen LogP contribution is -2.44. The number of aromatic nitrogens is 2. The van der Waals surface area contributed by atoms with Crippen LogP contribution in [0.1, 0.15) is 31.7 Å². The van der Waals surface area contributed by atoms with Crippen LogP contribution in [0.4, 0.5) is 24.7 Å². The third-order valence-corrected chi connectivity index (χ3v) is 9.61. The second kappa shape index (κ2) is 11.9. The van der Waals surface area contributed by atoms with Crippen LogP contribution in [0, 0.1) is 21.7 Å². The summed E-state index contributed by atoms with van der Waals surface area (Å²) in [6, 6.07) is 5.92. The third-order valence-electron chi connectivity index (χ3n) is 9.61. The molecule has 7 rings (SSSR count). The Balaban J connectivity index is 1.47. The van der Waals surface area contributed by atoms with Gasteiger partial charge in [-0.25, -0.2) is 13.2 Å². The standard InChI is InChI=1S/C34H34F3N5O6/c1-3-22-25(36)6-5-19-11-21(43)12-23(27(19)22)28-26(42(45)46)13-24-30(29(28)37)38-32(39-31(24)40-9-10-47-17-33(2,44)16-40)48-18-34-7-4-8-41(34)15-20(35)14-34/h3,5-6,11-13,20,43-44H,1,4,7-10,14-18H2,2H3/t20-,33?,34+/m1/s1. The predicted molar refractivity (Wildman–Crippen MR) is 173 cm³/mol. The van der Waals surface area contributed by atoms with Gasteiger partial charge in [-0.3, -0.25) is 15.0 Å². The van der Waals surface area contributed by atoms with E-state index < -0.39 is 45.1 Å². The van der Waals surface area contributed by atoms with Gasteiger partial charge in [0.25, 0.3) is 5.69 Å². The Hall–Kier alpha value is -4.53. The Bertz CT molecular complexity index is 1980. The number of rotatable bonds is 7. The Morgan fingerprint density at radius 3 is 2.83 bits per heavy atom. The van der Waals surface area contributed by atoms with Gasteiger partial charge >= 0.3 is 6.01 Å². The summed E-state index contributed by atoms with van der Waals surface area (Å²) in [5, 5.41) is 34.6. The van der Waals surface area contributed by atoms with Crippen molar-refractivity contribution in [3.8, 4) is 22.9 Å². The van der Waals surface area contributed by atoms with Crippen LogP contribution in [0.25, 0.3) is 38.9 Å². The first-order chi connectivity index (χ1) is 22.9. The maximum absolute atomic E-state index is 17.1. The number of ether oxygens (including phenoxy) is 2. The molecule has 1 unspecified atom stereocenters. The molecule has 4 heterocycles. The van der Waals surface area contributed by atoms with Crippen LogP contribution in [0.5, 0.6) is 11.8 Å². The molecule has 2 N–H and O–H groups in total. The second-order valence-corrected chi connectivity index (χ2v) is 13.2. The van der Waals surface area contributed by atoms with Crippen LogP contribution in [0.2, 0.25) is 0 Å². The molecule has 3 fully saturated rings. The average Bonchev–Trinajstić information content (AvgIpc) is 3.49. The van der Waals surface area contributed by atoms with Gasteiger partial charge in [-0.05, 0) is 49.9 Å². The van der Waals surface area contributed by atoms with Crippen LogP contribution in [-0.2, 0) is 4.74 Å². The normalized spacial score (nSPS) is 24.6. The fourth-order valence-corrected chi connectivity index (χ4v) is 7.56. The molecule has 14 heteroatoms. The van der Waals surface area contributed by atoms with E-state index >= 15 is 8.78 Å². The van der Waals surface area contributed by atoms with Crippen LogP contribution >= 0.6 is 0 Å². The molecule has 3 aliphatic heterocycles. The van der Waals surface area contributed by atoms with Gasteiger partial charge in [-0.2, -0.15) is 9.97 Å². The van der Waals surface area contributed by atoms with Gasteiger partial charge in [-0.1, -0.05) is 18.7 Å². The van der Waals surface area contributed by atoms with E-state index in [1.54, 1.807) is 11.8 Å². The lowest BCUT2D eigenvalue weighted by Gasteiger charge is -2.31. The maximum Gasteiger partial charge on any atom is 0.319 e. The Kier molecular flexibility index (Phi) is 7.92. The third kappa shape index (κ3) is 5.47. The predicted octanol–water partition coefficient (Wildman–Crippen LogP) is 5.53. The van der Waals surface area contributed by atoms with Gasteiger partial charge in [0.1, 0.15) is 41.3 Å². The number of phenols is 1. The number of hydrogen-bond acceptors (Lipinski definition) is 10. The Morgan fingerprint density at radius 1 is 1.25 bits per heavy atom. The number of β-amino-alcohol motifs (C(OH)–C–C–N with tert-alkyl or cyclic N) is 1. The molecule has 0 aliphatic carbocycles. The highest BCUT2D eigenvalue weighted by Gasteiger charge is 2.49. The van der Waals surface area contributed by atoms with Crippen molar-refractivity contribution in [3.63, 3.8) is 0 Å². The van der Waals surface area contributed by atoms with Crippen molar-refractivity contribution in [3.05, 3.63) is 64.2 Å². The lowest BCUT2D eigenvalue weighted by molar-refractivity contribution is -0.384. The van der Waals surface area contributed by atoms with E-state index in [1.165, 1.54) is 18.2 Å². The molecular formula is C34H34F3N5O6. The number of nitro benzene ring substituents is 1. The first kappa shape index (κ1) is 32.0. The number of alkyl halides is 1. The van der Waals surface area contributed by atoms with Crippen LogP contribution < -0.4 is 9.64 Å². The number of fused-ring (bicyclic) bond motifs is 3. The largest absolute Gasteiger partial charge is 0.508 e. The fraction of sp³-hybridized carbons (Fsp3) is 0.412. The number of aromatic hydroxyl groups is 1. The summed E-state index contributed by atoms with van der Waals surface area (Å²) in [6.07, 6.45) is 2.06. The second-order valence-electron chi connectivity index (χ2n) is 13.2. The SMILES string of the molecule is C=Cc1c(F)ccc2cc(O)cc(-c3c([N+](=O)[O-])cc4c(N5CCOCC(C)(O)C5)nc(OC[C@@]56CCCN5C[C@H](F)C6)nc4c3F)c12. The summed E-state index contributed by atoms with van der Waals surface area (Å²) in [5.74, 6) is -2.06. The Labute approximate surface area is 273 Å². The maximum atomic E-state index is 17.1. The molecule has 0 saturated carbocycles. The van der Waals surface area contributed by atoms with Crippen molar-refractivity contribution in [2.75, 3.05) is 50.9 Å². The minimum atomic E-state index is -1.34. The molecule has 3 aromatic carbocycles. The molecule has 0 radical (unpaired) electrons. The van der Waals surface area contributed by atoms with Gasteiger partial charge in [0.05, 0.1) is 41.2 Å². The number of halogens is 3. The van der Waals surface area contributed by atoms with Crippen molar-refractivity contribution >= 4 is 39.3 Å². The van der Waals surface area contributed by atoms with Crippen molar-refractivity contribution in [1.29, 1.82) is 0 Å². The number of nitro groups is 1. The number of benzene rings is 3. The number of phenolic OH excluding ortho intramolecular Hbond substituents is 1. The molecule has 11 nitrogen and oxygen atoms in total. The zero-order valence-electron chi connectivity index (χ0n) is 26.2. The highest BCUT2D eigenvalue weighted by Crippen LogP contribution is 2.46. The summed E-state index contributed by atoms with van der Waals surface area (Å²) in [6.45, 7) is 6.71.